The Morgan fingerprint density at radius 2 is 2.04 bits per heavy atom. The van der Waals surface area contributed by atoms with E-state index in [-0.39, 0.29) is 11.7 Å². The Balaban J connectivity index is 1.92. The van der Waals surface area contributed by atoms with Crippen LogP contribution in [0.4, 0.5) is 15.6 Å². The summed E-state index contributed by atoms with van der Waals surface area (Å²) in [5, 5.41) is 16.5. The van der Waals surface area contributed by atoms with Crippen LogP contribution in [0.15, 0.2) is 22.5 Å². The number of anilines is 2. The van der Waals surface area contributed by atoms with Gasteiger partial charge in [0.05, 0.1) is 5.75 Å². The van der Waals surface area contributed by atoms with Crippen molar-refractivity contribution in [3.8, 4) is 0 Å². The van der Waals surface area contributed by atoms with E-state index in [0.29, 0.717) is 9.47 Å². The van der Waals surface area contributed by atoms with Crippen molar-refractivity contribution in [3.05, 3.63) is 29.3 Å². The normalized spacial score (nSPS) is 10.2. The zero-order valence-electron chi connectivity index (χ0n) is 13.0. The van der Waals surface area contributed by atoms with Crippen LogP contribution in [0.25, 0.3) is 0 Å². The largest absolute Gasteiger partial charge is 0.341 e. The van der Waals surface area contributed by atoms with Crippen molar-refractivity contribution >= 4 is 45.9 Å². The molecule has 0 atom stereocenters. The van der Waals surface area contributed by atoms with Gasteiger partial charge in [0.15, 0.2) is 4.34 Å². The fraction of sp³-hybridized carbons (Fsp3) is 0.286. The van der Waals surface area contributed by atoms with Crippen LogP contribution in [0.2, 0.25) is 0 Å². The van der Waals surface area contributed by atoms with E-state index >= 15 is 0 Å². The van der Waals surface area contributed by atoms with Crippen molar-refractivity contribution < 1.29 is 9.59 Å². The molecule has 0 saturated carbocycles. The van der Waals surface area contributed by atoms with E-state index in [1.165, 1.54) is 35.7 Å². The molecule has 23 heavy (non-hydrogen) atoms. The maximum absolute atomic E-state index is 11.5. The van der Waals surface area contributed by atoms with E-state index < -0.39 is 6.03 Å². The monoisotopic (exact) mass is 351 g/mol. The molecular weight excluding hydrogens is 334 g/mol. The SMILES string of the molecule is CNC(=O)NC(=O)CSc1nnc(Nc2cccc(C)c2C)s1. The summed E-state index contributed by atoms with van der Waals surface area (Å²) in [5.74, 6) is -0.278. The molecule has 0 fully saturated rings. The number of hydrogen-bond acceptors (Lipinski definition) is 7. The highest BCUT2D eigenvalue weighted by Crippen LogP contribution is 2.29. The van der Waals surface area contributed by atoms with E-state index in [1.54, 1.807) is 0 Å². The molecule has 0 unspecified atom stereocenters. The van der Waals surface area contributed by atoms with Gasteiger partial charge in [-0.2, -0.15) is 0 Å². The highest BCUT2D eigenvalue weighted by molar-refractivity contribution is 8.01. The van der Waals surface area contributed by atoms with Crippen LogP contribution >= 0.6 is 23.1 Å². The van der Waals surface area contributed by atoms with Gasteiger partial charge in [-0.3, -0.25) is 10.1 Å². The Labute approximate surface area is 142 Å². The number of aromatic nitrogens is 2. The average Bonchev–Trinajstić information content (AvgIpc) is 2.97. The first-order chi connectivity index (χ1) is 11.0. The van der Waals surface area contributed by atoms with Crippen LogP contribution < -0.4 is 16.0 Å². The zero-order chi connectivity index (χ0) is 16.8. The lowest BCUT2D eigenvalue weighted by molar-refractivity contribution is -0.117. The van der Waals surface area contributed by atoms with Gasteiger partial charge in [-0.1, -0.05) is 35.2 Å². The Morgan fingerprint density at radius 3 is 2.78 bits per heavy atom. The molecule has 3 amide bonds. The molecule has 0 aliphatic carbocycles. The molecule has 0 aliphatic heterocycles. The quantitative estimate of drug-likeness (QED) is 0.716. The smallest absolute Gasteiger partial charge is 0.321 e. The molecule has 0 spiro atoms. The van der Waals surface area contributed by atoms with E-state index in [0.717, 1.165) is 11.3 Å². The van der Waals surface area contributed by atoms with Crippen LogP contribution in [0.1, 0.15) is 11.1 Å². The van der Waals surface area contributed by atoms with Crippen LogP contribution in [0.5, 0.6) is 0 Å². The van der Waals surface area contributed by atoms with Crippen molar-refractivity contribution in [2.24, 2.45) is 0 Å². The first-order valence-corrected chi connectivity index (χ1v) is 8.61. The van der Waals surface area contributed by atoms with Gasteiger partial charge in [0, 0.05) is 12.7 Å². The van der Waals surface area contributed by atoms with Crippen molar-refractivity contribution in [1.82, 2.24) is 20.8 Å². The number of benzene rings is 1. The molecule has 9 heteroatoms. The predicted molar refractivity (Wildman–Crippen MR) is 92.4 cm³/mol. The number of nitrogens with zero attached hydrogens (tertiary/aromatic N) is 2. The molecule has 0 bridgehead atoms. The summed E-state index contributed by atoms with van der Waals surface area (Å²) >= 11 is 2.59. The summed E-state index contributed by atoms with van der Waals surface area (Å²) in [7, 11) is 1.45. The topological polar surface area (TPSA) is 96.0 Å². The van der Waals surface area contributed by atoms with Crippen LogP contribution in [-0.4, -0.2) is 34.9 Å². The lowest BCUT2D eigenvalue weighted by Crippen LogP contribution is -2.38. The first-order valence-electron chi connectivity index (χ1n) is 6.80. The van der Waals surface area contributed by atoms with Crippen molar-refractivity contribution in [2.75, 3.05) is 18.1 Å². The Bertz CT molecular complexity index is 717. The molecular formula is C14H17N5O2S2. The van der Waals surface area contributed by atoms with E-state index in [9.17, 15) is 9.59 Å². The summed E-state index contributed by atoms with van der Waals surface area (Å²) in [6.07, 6.45) is 0. The Morgan fingerprint density at radius 1 is 1.26 bits per heavy atom. The van der Waals surface area contributed by atoms with Crippen LogP contribution in [-0.2, 0) is 4.79 Å². The van der Waals surface area contributed by atoms with Crippen LogP contribution in [0, 0.1) is 13.8 Å². The number of thioether (sulfide) groups is 1. The van der Waals surface area contributed by atoms with Gasteiger partial charge in [-0.05, 0) is 31.0 Å². The highest BCUT2D eigenvalue weighted by Gasteiger charge is 2.11. The molecule has 122 valence electrons. The first kappa shape index (κ1) is 17.2. The third kappa shape index (κ3) is 4.93. The lowest BCUT2D eigenvalue weighted by atomic mass is 10.1. The molecule has 1 aromatic heterocycles. The van der Waals surface area contributed by atoms with Gasteiger partial charge in [0.2, 0.25) is 11.0 Å². The summed E-state index contributed by atoms with van der Waals surface area (Å²) in [6.45, 7) is 4.09. The Hall–Kier alpha value is -2.13. The fourth-order valence-corrected chi connectivity index (χ4v) is 3.24. The molecule has 2 aromatic rings. The second-order valence-electron chi connectivity index (χ2n) is 4.66. The molecule has 2 rings (SSSR count). The number of amides is 3. The standard InChI is InChI=1S/C14H17N5O2S2/c1-8-5-4-6-10(9(8)2)16-13-18-19-14(23-13)22-7-11(20)17-12(21)15-3/h4-6H,7H2,1-3H3,(H,16,18)(H2,15,17,20,21). The van der Waals surface area contributed by atoms with Crippen molar-refractivity contribution in [1.29, 1.82) is 0 Å². The summed E-state index contributed by atoms with van der Waals surface area (Å²) in [4.78, 5) is 22.5. The minimum absolute atomic E-state index is 0.103. The minimum Gasteiger partial charge on any atom is -0.341 e. The van der Waals surface area contributed by atoms with Gasteiger partial charge in [-0.15, -0.1) is 10.2 Å². The van der Waals surface area contributed by atoms with E-state index in [4.69, 9.17) is 0 Å². The van der Waals surface area contributed by atoms with Crippen LogP contribution in [0.3, 0.4) is 0 Å². The number of carbonyl (C=O) groups is 2. The molecule has 3 N–H and O–H groups in total. The molecule has 1 heterocycles. The minimum atomic E-state index is -0.523. The second-order valence-corrected chi connectivity index (χ2v) is 6.86. The number of carbonyl (C=O) groups excluding carboxylic acids is 2. The number of aryl methyl sites for hydroxylation is 1. The molecule has 0 saturated heterocycles. The summed E-state index contributed by atoms with van der Waals surface area (Å²) in [5.41, 5.74) is 3.33. The van der Waals surface area contributed by atoms with E-state index in [1.807, 2.05) is 32.0 Å². The number of hydrogen-bond donors (Lipinski definition) is 3. The van der Waals surface area contributed by atoms with Gasteiger partial charge in [0.25, 0.3) is 0 Å². The maximum Gasteiger partial charge on any atom is 0.321 e. The number of imide groups is 1. The molecule has 7 nitrogen and oxygen atoms in total. The summed E-state index contributed by atoms with van der Waals surface area (Å²) < 4.78 is 0.657. The third-order valence-electron chi connectivity index (χ3n) is 3.06. The molecule has 0 aliphatic rings. The number of urea groups is 1. The average molecular weight is 351 g/mol. The lowest BCUT2D eigenvalue weighted by Gasteiger charge is -2.08. The van der Waals surface area contributed by atoms with Gasteiger partial charge < -0.3 is 10.6 Å². The van der Waals surface area contributed by atoms with Gasteiger partial charge in [-0.25, -0.2) is 4.79 Å². The number of nitrogens with one attached hydrogen (secondary N) is 3. The maximum atomic E-state index is 11.5. The van der Waals surface area contributed by atoms with E-state index in [2.05, 4.69) is 26.1 Å². The predicted octanol–water partition coefficient (Wildman–Crippen LogP) is 2.45. The Kier molecular flexibility index (Phi) is 5.94. The summed E-state index contributed by atoms with van der Waals surface area (Å²) in [6, 6.07) is 5.48. The second kappa shape index (κ2) is 7.93. The zero-order valence-corrected chi connectivity index (χ0v) is 14.6. The molecule has 0 radical (unpaired) electrons. The highest BCUT2D eigenvalue weighted by atomic mass is 32.2. The van der Waals surface area contributed by atoms with Crippen molar-refractivity contribution in [2.45, 2.75) is 18.2 Å². The fourth-order valence-electron chi connectivity index (χ4n) is 1.67. The molecule has 1 aromatic carbocycles. The van der Waals surface area contributed by atoms with Gasteiger partial charge >= 0.3 is 6.03 Å². The number of rotatable bonds is 5. The van der Waals surface area contributed by atoms with Gasteiger partial charge in [0.1, 0.15) is 0 Å². The third-order valence-corrected chi connectivity index (χ3v) is 5.03. The van der Waals surface area contributed by atoms with Crippen molar-refractivity contribution in [3.63, 3.8) is 0 Å².